The molecule has 2 aromatic carbocycles. The van der Waals surface area contributed by atoms with Gasteiger partial charge in [0.05, 0.1) is 20.3 Å². The second kappa shape index (κ2) is 11.8. The third kappa shape index (κ3) is 6.91. The van der Waals surface area contributed by atoms with Crippen molar-refractivity contribution in [3.63, 3.8) is 0 Å². The van der Waals surface area contributed by atoms with E-state index in [-0.39, 0.29) is 36.6 Å². The number of aromatic hydroxyl groups is 1. The van der Waals surface area contributed by atoms with E-state index in [1.807, 2.05) is 12.1 Å². The van der Waals surface area contributed by atoms with Crippen LogP contribution in [0.5, 0.6) is 17.2 Å². The number of carbonyl (C=O) groups excluding carboxylic acids is 3. The molecule has 0 spiro atoms. The van der Waals surface area contributed by atoms with Crippen molar-refractivity contribution in [1.82, 2.24) is 10.2 Å². The van der Waals surface area contributed by atoms with Crippen molar-refractivity contribution in [1.29, 1.82) is 0 Å². The molecule has 0 fully saturated rings. The van der Waals surface area contributed by atoms with Crippen LogP contribution in [-0.2, 0) is 20.8 Å². The number of nitrogens with two attached hydrogens (primary N) is 1. The predicted molar refractivity (Wildman–Crippen MR) is 156 cm³/mol. The van der Waals surface area contributed by atoms with E-state index >= 15 is 0 Å². The molecule has 1 unspecified atom stereocenters. The first-order valence-corrected chi connectivity index (χ1v) is 13.8. The van der Waals surface area contributed by atoms with Crippen LogP contribution in [0.1, 0.15) is 5.56 Å². The number of rotatable bonds is 8. The number of nitrogens with zero attached hydrogens (tertiary/aromatic N) is 1. The Kier molecular flexibility index (Phi) is 9.61. The highest BCUT2D eigenvalue weighted by Crippen LogP contribution is 2.36. The molecule has 33 heavy (non-hydrogen) atoms. The van der Waals surface area contributed by atoms with E-state index in [0.29, 0.717) is 25.1 Å². The zero-order valence-corrected chi connectivity index (χ0v) is 25.4. The van der Waals surface area contributed by atoms with Crippen LogP contribution in [0.2, 0.25) is 0 Å². The molecule has 0 aliphatic carbocycles. The number of nitrogens with one attached hydrogen (secondary N) is 1. The summed E-state index contributed by atoms with van der Waals surface area (Å²) in [6.07, 6.45) is 2.72. The Morgan fingerprint density at radius 1 is 1.00 bits per heavy atom. The Labute approximate surface area is 244 Å². The number of hydrogen-bond donors (Lipinski definition) is 3. The number of hydrogen-bond acceptors (Lipinski definition) is 6. The summed E-state index contributed by atoms with van der Waals surface area (Å²) in [5.74, 6) is 0.394. The molecule has 2 aromatic rings. The topological polar surface area (TPSA) is 122 Å². The Morgan fingerprint density at radius 2 is 1.55 bits per heavy atom. The monoisotopic (exact) mass is 899 g/mol. The van der Waals surface area contributed by atoms with Crippen molar-refractivity contribution in [2.75, 3.05) is 13.1 Å². The summed E-state index contributed by atoms with van der Waals surface area (Å²) in [6, 6.07) is 6.56. The lowest BCUT2D eigenvalue weighted by Gasteiger charge is -2.17. The fraction of sp³-hybridized carbons (Fsp3) is 0.190. The summed E-state index contributed by atoms with van der Waals surface area (Å²) in [4.78, 5) is 36.5. The van der Waals surface area contributed by atoms with E-state index in [1.54, 1.807) is 12.1 Å². The highest BCUT2D eigenvalue weighted by molar-refractivity contribution is 14.1. The Balaban J connectivity index is 1.60. The van der Waals surface area contributed by atoms with Crippen LogP contribution in [-0.4, -0.2) is 46.9 Å². The first-order chi connectivity index (χ1) is 15.6. The molecule has 4 N–H and O–H groups in total. The molecule has 0 bridgehead atoms. The van der Waals surface area contributed by atoms with Crippen LogP contribution in [0.4, 0.5) is 0 Å². The standard InChI is InChI=1S/C21H17I4N3O5/c22-12-8-11(9-13(23)19(12)31)33-20-14(24)5-10(6-15(20)25)7-16(26)21(32)27-3-4-28-17(29)1-2-18(28)30/h1-2,5-6,8-9,16,31H,3-4,7,26H2,(H,27,32). The molecule has 0 radical (unpaired) electrons. The Bertz CT molecular complexity index is 1090. The van der Waals surface area contributed by atoms with Crippen LogP contribution in [0.3, 0.4) is 0 Å². The highest BCUT2D eigenvalue weighted by Gasteiger charge is 2.23. The van der Waals surface area contributed by atoms with Crippen LogP contribution in [0.15, 0.2) is 36.4 Å². The second-order valence-electron chi connectivity index (χ2n) is 6.99. The van der Waals surface area contributed by atoms with Crippen LogP contribution >= 0.6 is 90.4 Å². The summed E-state index contributed by atoms with van der Waals surface area (Å²) in [5.41, 5.74) is 6.95. The minimum atomic E-state index is -0.785. The van der Waals surface area contributed by atoms with E-state index in [4.69, 9.17) is 10.5 Å². The molecule has 8 nitrogen and oxygen atoms in total. The smallest absolute Gasteiger partial charge is 0.253 e. The molecule has 3 rings (SSSR count). The summed E-state index contributed by atoms with van der Waals surface area (Å²) >= 11 is 8.46. The molecular formula is C21H17I4N3O5. The zero-order valence-electron chi connectivity index (χ0n) is 16.8. The van der Waals surface area contributed by atoms with E-state index in [1.165, 1.54) is 12.2 Å². The van der Waals surface area contributed by atoms with Gasteiger partial charge in [0.25, 0.3) is 11.8 Å². The molecule has 12 heteroatoms. The van der Waals surface area contributed by atoms with Crippen LogP contribution in [0, 0.1) is 14.3 Å². The minimum absolute atomic E-state index is 0.0973. The van der Waals surface area contributed by atoms with Gasteiger partial charge in [0.2, 0.25) is 5.91 Å². The van der Waals surface area contributed by atoms with E-state index in [2.05, 4.69) is 95.7 Å². The molecule has 3 amide bonds. The van der Waals surface area contributed by atoms with Crippen molar-refractivity contribution in [2.45, 2.75) is 12.5 Å². The molecule has 0 saturated carbocycles. The maximum absolute atomic E-state index is 12.4. The van der Waals surface area contributed by atoms with Crippen molar-refractivity contribution in [3.05, 3.63) is 56.3 Å². The van der Waals surface area contributed by atoms with Crippen molar-refractivity contribution in [3.8, 4) is 17.2 Å². The third-order valence-electron chi connectivity index (χ3n) is 4.60. The molecule has 0 saturated heterocycles. The van der Waals surface area contributed by atoms with Gasteiger partial charge < -0.3 is 20.9 Å². The van der Waals surface area contributed by atoms with Gasteiger partial charge in [0.1, 0.15) is 11.5 Å². The zero-order chi connectivity index (χ0) is 24.3. The average molecular weight is 899 g/mol. The van der Waals surface area contributed by atoms with E-state index < -0.39 is 6.04 Å². The molecular weight excluding hydrogens is 882 g/mol. The quantitative estimate of drug-likeness (QED) is 0.276. The first-order valence-electron chi connectivity index (χ1n) is 9.47. The van der Waals surface area contributed by atoms with E-state index in [9.17, 15) is 19.5 Å². The van der Waals surface area contributed by atoms with Crippen molar-refractivity contribution in [2.24, 2.45) is 5.73 Å². The summed E-state index contributed by atoms with van der Waals surface area (Å²) < 4.78 is 9.19. The normalized spacial score (nSPS) is 14.0. The van der Waals surface area contributed by atoms with Gasteiger partial charge in [-0.25, -0.2) is 0 Å². The third-order valence-corrected chi connectivity index (χ3v) is 7.84. The lowest BCUT2D eigenvalue weighted by Crippen LogP contribution is -2.45. The molecule has 174 valence electrons. The van der Waals surface area contributed by atoms with Gasteiger partial charge >= 0.3 is 0 Å². The number of amides is 3. The van der Waals surface area contributed by atoms with Gasteiger partial charge in [-0.2, -0.15) is 0 Å². The lowest BCUT2D eigenvalue weighted by molar-refractivity contribution is -0.137. The Morgan fingerprint density at radius 3 is 2.09 bits per heavy atom. The highest BCUT2D eigenvalue weighted by atomic mass is 127. The van der Waals surface area contributed by atoms with Gasteiger partial charge in [-0.1, -0.05) is 0 Å². The van der Waals surface area contributed by atoms with Gasteiger partial charge in [-0.15, -0.1) is 0 Å². The number of imide groups is 1. The van der Waals surface area contributed by atoms with Gasteiger partial charge in [0.15, 0.2) is 5.75 Å². The second-order valence-corrected chi connectivity index (χ2v) is 11.6. The van der Waals surface area contributed by atoms with E-state index in [0.717, 1.165) is 17.6 Å². The number of phenols is 1. The molecule has 1 aliphatic rings. The number of carbonyl (C=O) groups is 3. The van der Waals surface area contributed by atoms with Gasteiger partial charge in [-0.3, -0.25) is 19.3 Å². The minimum Gasteiger partial charge on any atom is -0.506 e. The molecule has 1 aliphatic heterocycles. The Hall–Kier alpha value is -0.730. The number of ether oxygens (including phenoxy) is 1. The maximum Gasteiger partial charge on any atom is 0.253 e. The largest absolute Gasteiger partial charge is 0.506 e. The molecule has 1 atom stereocenters. The summed E-state index contributed by atoms with van der Waals surface area (Å²) in [7, 11) is 0. The van der Waals surface area contributed by atoms with Crippen molar-refractivity contribution >= 4 is 108 Å². The summed E-state index contributed by atoms with van der Waals surface area (Å²) in [5, 5.41) is 12.6. The van der Waals surface area contributed by atoms with Crippen LogP contribution < -0.4 is 15.8 Å². The molecule has 0 aromatic heterocycles. The average Bonchev–Trinajstić information content (AvgIpc) is 3.06. The summed E-state index contributed by atoms with van der Waals surface area (Å²) in [6.45, 7) is 0.234. The van der Waals surface area contributed by atoms with Crippen LogP contribution in [0.25, 0.3) is 0 Å². The van der Waals surface area contributed by atoms with Gasteiger partial charge in [0, 0.05) is 25.2 Å². The maximum atomic E-state index is 12.4. The fourth-order valence-electron chi connectivity index (χ4n) is 2.97. The first kappa shape index (κ1) is 26.9. The predicted octanol–water partition coefficient (Wildman–Crippen LogP) is 3.51. The fourth-order valence-corrected chi connectivity index (χ4v) is 6.80. The number of benzene rings is 2. The number of halogens is 4. The molecule has 1 heterocycles. The van der Waals surface area contributed by atoms with Crippen molar-refractivity contribution < 1.29 is 24.2 Å². The van der Waals surface area contributed by atoms with Gasteiger partial charge in [-0.05, 0) is 127 Å². The lowest BCUT2D eigenvalue weighted by atomic mass is 10.1. The number of phenolic OH excluding ortho intramolecular Hbond substituents is 1. The SMILES string of the molecule is NC(Cc1cc(I)c(Oc2cc(I)c(O)c(I)c2)c(I)c1)C(=O)NCCN1C(=O)C=CC1=O.